The lowest BCUT2D eigenvalue weighted by Crippen LogP contribution is -2.16. The first-order valence-corrected chi connectivity index (χ1v) is 9.73. The van der Waals surface area contributed by atoms with Gasteiger partial charge in [0.05, 0.1) is 18.4 Å². The number of benzene rings is 1. The Balaban J connectivity index is 1.65. The van der Waals surface area contributed by atoms with E-state index < -0.39 is 5.97 Å². The molecule has 152 valence electrons. The summed E-state index contributed by atoms with van der Waals surface area (Å²) in [4.78, 5) is 25.2. The zero-order chi connectivity index (χ0) is 20.8. The number of aromatic nitrogens is 1. The number of esters is 1. The summed E-state index contributed by atoms with van der Waals surface area (Å²) in [5, 5.41) is 3.17. The van der Waals surface area contributed by atoms with E-state index in [1.54, 1.807) is 30.5 Å². The fourth-order valence-corrected chi connectivity index (χ4v) is 3.35. The number of rotatable bonds is 9. The molecule has 0 aliphatic carbocycles. The van der Waals surface area contributed by atoms with Crippen LogP contribution in [0.5, 0.6) is 0 Å². The summed E-state index contributed by atoms with van der Waals surface area (Å²) >= 11 is 0. The van der Waals surface area contributed by atoms with E-state index in [2.05, 4.69) is 16.8 Å². The molecule has 0 fully saturated rings. The van der Waals surface area contributed by atoms with Gasteiger partial charge in [0.1, 0.15) is 5.76 Å². The molecular weight excluding hydrogens is 368 g/mol. The van der Waals surface area contributed by atoms with Crippen LogP contribution in [0.15, 0.2) is 53.1 Å². The van der Waals surface area contributed by atoms with Crippen LogP contribution >= 0.6 is 0 Å². The van der Waals surface area contributed by atoms with E-state index in [1.165, 1.54) is 0 Å². The molecule has 6 nitrogen and oxygen atoms in total. The maximum atomic E-state index is 12.6. The van der Waals surface area contributed by atoms with E-state index in [0.717, 1.165) is 30.1 Å². The summed E-state index contributed by atoms with van der Waals surface area (Å²) in [6, 6.07) is 12.6. The van der Waals surface area contributed by atoms with Crippen molar-refractivity contribution < 1.29 is 18.7 Å². The van der Waals surface area contributed by atoms with Crippen molar-refractivity contribution in [3.63, 3.8) is 0 Å². The van der Waals surface area contributed by atoms with Gasteiger partial charge in [-0.3, -0.25) is 4.79 Å². The van der Waals surface area contributed by atoms with Crippen molar-refractivity contribution in [3.8, 4) is 0 Å². The third-order valence-corrected chi connectivity index (χ3v) is 4.84. The number of aryl methyl sites for hydroxylation is 1. The summed E-state index contributed by atoms with van der Waals surface area (Å²) < 4.78 is 12.7. The Hall–Kier alpha value is -3.28. The van der Waals surface area contributed by atoms with E-state index in [9.17, 15) is 9.59 Å². The van der Waals surface area contributed by atoms with Crippen LogP contribution < -0.4 is 5.32 Å². The van der Waals surface area contributed by atoms with Gasteiger partial charge in [-0.05, 0) is 50.6 Å². The quantitative estimate of drug-likeness (QED) is 0.418. The van der Waals surface area contributed by atoms with E-state index in [1.807, 2.05) is 32.0 Å². The number of Topliss-reactive ketones (excluding diaryl/α,β-unsaturated/α-hetero) is 1. The number of hydrogen-bond acceptors (Lipinski definition) is 5. The van der Waals surface area contributed by atoms with Gasteiger partial charge in [-0.1, -0.05) is 19.1 Å². The lowest BCUT2D eigenvalue weighted by atomic mass is 10.1. The van der Waals surface area contributed by atoms with E-state index in [4.69, 9.17) is 9.15 Å². The van der Waals surface area contributed by atoms with Gasteiger partial charge in [-0.2, -0.15) is 0 Å². The van der Waals surface area contributed by atoms with Crippen molar-refractivity contribution >= 4 is 17.4 Å². The molecule has 0 saturated carbocycles. The van der Waals surface area contributed by atoms with Crippen LogP contribution in [0.3, 0.4) is 0 Å². The Bertz CT molecular complexity index is 986. The van der Waals surface area contributed by atoms with Crippen molar-refractivity contribution in [1.29, 1.82) is 0 Å². The highest BCUT2D eigenvalue weighted by atomic mass is 16.5. The number of para-hydroxylation sites is 1. The Morgan fingerprint density at radius 1 is 1.10 bits per heavy atom. The number of carbonyl (C=O) groups is 2. The topological polar surface area (TPSA) is 73.5 Å². The molecule has 3 aromatic rings. The molecule has 0 aliphatic heterocycles. The zero-order valence-electron chi connectivity index (χ0n) is 17.0. The first-order chi connectivity index (χ1) is 14.0. The third kappa shape index (κ3) is 4.77. The van der Waals surface area contributed by atoms with Gasteiger partial charge in [0.25, 0.3) is 0 Å². The molecule has 0 unspecified atom stereocenters. The molecule has 0 spiro atoms. The van der Waals surface area contributed by atoms with Crippen LogP contribution in [0, 0.1) is 13.8 Å². The average Bonchev–Trinajstić information content (AvgIpc) is 3.34. The second-order valence-electron chi connectivity index (χ2n) is 6.91. The normalized spacial score (nSPS) is 10.7. The molecular formula is C23H26N2O4. The fourth-order valence-electron chi connectivity index (χ4n) is 3.35. The van der Waals surface area contributed by atoms with Crippen LogP contribution in [0.4, 0.5) is 5.69 Å². The first kappa shape index (κ1) is 20.5. The molecule has 2 aromatic heterocycles. The van der Waals surface area contributed by atoms with Gasteiger partial charge < -0.3 is 19.0 Å². The van der Waals surface area contributed by atoms with Crippen molar-refractivity contribution in [1.82, 2.24) is 4.57 Å². The molecule has 3 rings (SSSR count). The van der Waals surface area contributed by atoms with Crippen LogP contribution in [-0.4, -0.2) is 22.9 Å². The molecule has 0 amide bonds. The first-order valence-electron chi connectivity index (χ1n) is 9.73. The number of nitrogens with one attached hydrogen (secondary N) is 1. The van der Waals surface area contributed by atoms with Gasteiger partial charge in [-0.25, -0.2) is 4.79 Å². The van der Waals surface area contributed by atoms with Crippen molar-refractivity contribution in [3.05, 3.63) is 77.0 Å². The minimum atomic E-state index is -0.539. The molecule has 29 heavy (non-hydrogen) atoms. The lowest BCUT2D eigenvalue weighted by molar-refractivity contribution is 0.0475. The summed E-state index contributed by atoms with van der Waals surface area (Å²) in [5.41, 5.74) is 3.55. The molecule has 0 atom stereocenters. The van der Waals surface area contributed by atoms with Crippen LogP contribution in [0.2, 0.25) is 0 Å². The number of ether oxygens (including phenoxy) is 1. The third-order valence-electron chi connectivity index (χ3n) is 4.84. The van der Waals surface area contributed by atoms with Gasteiger partial charge in [0.2, 0.25) is 5.78 Å². The zero-order valence-corrected chi connectivity index (χ0v) is 17.0. The Morgan fingerprint density at radius 3 is 2.62 bits per heavy atom. The van der Waals surface area contributed by atoms with Crippen LogP contribution in [0.25, 0.3) is 0 Å². The van der Waals surface area contributed by atoms with Crippen molar-refractivity contribution in [2.24, 2.45) is 0 Å². The number of furan rings is 1. The molecule has 0 saturated heterocycles. The summed E-state index contributed by atoms with van der Waals surface area (Å²) in [6.45, 7) is 7.01. The molecule has 1 N–H and O–H groups in total. The maximum absolute atomic E-state index is 12.6. The van der Waals surface area contributed by atoms with Crippen LogP contribution in [0.1, 0.15) is 51.2 Å². The maximum Gasteiger partial charge on any atom is 0.340 e. The number of ketones is 1. The van der Waals surface area contributed by atoms with Crippen molar-refractivity contribution in [2.75, 3.05) is 11.9 Å². The predicted octanol–water partition coefficient (Wildman–Crippen LogP) is 4.76. The Kier molecular flexibility index (Phi) is 6.54. The minimum absolute atomic E-state index is 0.199. The van der Waals surface area contributed by atoms with E-state index in [-0.39, 0.29) is 12.4 Å². The SMILES string of the molecule is CCCn1c(C)cc(C(=O)COC(=O)c2ccccc2NCc2ccco2)c1C. The lowest BCUT2D eigenvalue weighted by Gasteiger charge is -2.11. The number of carbonyl (C=O) groups excluding carboxylic acids is 2. The molecule has 0 radical (unpaired) electrons. The minimum Gasteiger partial charge on any atom is -0.467 e. The molecule has 1 aromatic carbocycles. The number of nitrogens with zero attached hydrogens (tertiary/aromatic N) is 1. The van der Waals surface area contributed by atoms with Gasteiger partial charge in [-0.15, -0.1) is 0 Å². The standard InChI is InChI=1S/C23H26N2O4/c1-4-11-25-16(2)13-20(17(25)3)22(26)15-29-23(27)19-9-5-6-10-21(19)24-14-18-8-7-12-28-18/h5-10,12-13,24H,4,11,14-15H2,1-3H3. The fraction of sp³-hybridized carbons (Fsp3) is 0.304. The smallest absolute Gasteiger partial charge is 0.340 e. The number of anilines is 1. The van der Waals surface area contributed by atoms with Gasteiger partial charge in [0.15, 0.2) is 6.61 Å². The van der Waals surface area contributed by atoms with Gasteiger partial charge >= 0.3 is 5.97 Å². The Morgan fingerprint density at radius 2 is 1.90 bits per heavy atom. The predicted molar refractivity (Wildman–Crippen MR) is 111 cm³/mol. The molecule has 2 heterocycles. The highest BCUT2D eigenvalue weighted by Crippen LogP contribution is 2.19. The van der Waals surface area contributed by atoms with E-state index >= 15 is 0 Å². The Labute approximate surface area is 170 Å². The molecule has 6 heteroatoms. The summed E-state index contributed by atoms with van der Waals surface area (Å²) in [6.07, 6.45) is 2.58. The monoisotopic (exact) mass is 394 g/mol. The highest BCUT2D eigenvalue weighted by Gasteiger charge is 2.19. The molecule has 0 bridgehead atoms. The summed E-state index contributed by atoms with van der Waals surface area (Å²) in [7, 11) is 0. The van der Waals surface area contributed by atoms with Crippen LogP contribution in [-0.2, 0) is 17.8 Å². The molecule has 0 aliphatic rings. The largest absolute Gasteiger partial charge is 0.467 e. The van der Waals surface area contributed by atoms with Gasteiger partial charge in [0, 0.05) is 29.2 Å². The second kappa shape index (κ2) is 9.28. The highest BCUT2D eigenvalue weighted by molar-refractivity contribution is 6.01. The average molecular weight is 394 g/mol. The summed E-state index contributed by atoms with van der Waals surface area (Å²) in [5.74, 6) is 0.0175. The number of hydrogen-bond donors (Lipinski definition) is 1. The van der Waals surface area contributed by atoms with E-state index in [0.29, 0.717) is 23.4 Å². The van der Waals surface area contributed by atoms with Crippen molar-refractivity contribution in [2.45, 2.75) is 40.3 Å². The second-order valence-corrected chi connectivity index (χ2v) is 6.91.